The highest BCUT2D eigenvalue weighted by Gasteiger charge is 2.34. The van der Waals surface area contributed by atoms with Crippen molar-refractivity contribution < 1.29 is 23.9 Å². The second kappa shape index (κ2) is 5.01. The zero-order valence-electron chi connectivity index (χ0n) is 9.80. The number of carbonyl (C=O) groups excluding carboxylic acids is 2. The molecule has 1 saturated heterocycles. The van der Waals surface area contributed by atoms with Crippen LogP contribution in [0.2, 0.25) is 0 Å². The van der Waals surface area contributed by atoms with Crippen molar-refractivity contribution in [1.29, 1.82) is 0 Å². The average molecular weight is 263 g/mol. The zero-order valence-corrected chi connectivity index (χ0v) is 9.80. The number of halogens is 1. The quantitative estimate of drug-likeness (QED) is 0.653. The summed E-state index contributed by atoms with van der Waals surface area (Å²) in [6.07, 6.45) is 1.32. The van der Waals surface area contributed by atoms with Crippen molar-refractivity contribution in [1.82, 2.24) is 4.90 Å². The normalized spacial score (nSPS) is 17.3. The van der Waals surface area contributed by atoms with Gasteiger partial charge in [-0.15, -0.1) is 0 Å². The van der Waals surface area contributed by atoms with E-state index in [1.54, 1.807) is 0 Å². The van der Waals surface area contributed by atoms with Gasteiger partial charge in [0.2, 0.25) is 5.91 Å². The Morgan fingerprint density at radius 3 is 2.53 bits per heavy atom. The minimum atomic E-state index is -1.25. The topological polar surface area (TPSA) is 74.7 Å². The predicted octanol–water partition coefficient (Wildman–Crippen LogP) is 1.05. The molecule has 1 aliphatic heterocycles. The molecule has 2 amide bonds. The number of amides is 2. The lowest BCUT2D eigenvalue weighted by Gasteiger charge is -2.09. The Labute approximate surface area is 107 Å². The van der Waals surface area contributed by atoms with E-state index in [0.717, 1.165) is 0 Å². The van der Waals surface area contributed by atoms with Crippen LogP contribution in [-0.2, 0) is 14.4 Å². The number of carboxylic acids is 1. The third-order valence-electron chi connectivity index (χ3n) is 2.67. The summed E-state index contributed by atoms with van der Waals surface area (Å²) in [5, 5.41) is 8.61. The molecule has 0 unspecified atom stereocenters. The Balaban J connectivity index is 2.23. The molecule has 6 heteroatoms. The summed E-state index contributed by atoms with van der Waals surface area (Å²) in [5.74, 6) is -2.80. The largest absolute Gasteiger partial charge is 0.480 e. The summed E-state index contributed by atoms with van der Waals surface area (Å²) in [5.41, 5.74) is 0.785. The maximum absolute atomic E-state index is 12.7. The lowest BCUT2D eigenvalue weighted by molar-refractivity contribution is -0.148. The van der Waals surface area contributed by atoms with Gasteiger partial charge in [-0.3, -0.25) is 19.3 Å². The molecule has 19 heavy (non-hydrogen) atoms. The minimum absolute atomic E-state index is 0.135. The third-order valence-corrected chi connectivity index (χ3v) is 2.67. The van der Waals surface area contributed by atoms with Gasteiger partial charge in [0.1, 0.15) is 12.4 Å². The van der Waals surface area contributed by atoms with Gasteiger partial charge in [-0.2, -0.15) is 0 Å². The van der Waals surface area contributed by atoms with Crippen molar-refractivity contribution >= 4 is 23.9 Å². The van der Waals surface area contributed by atoms with E-state index in [9.17, 15) is 18.8 Å². The van der Waals surface area contributed by atoms with E-state index in [2.05, 4.69) is 0 Å². The minimum Gasteiger partial charge on any atom is -0.480 e. The molecular formula is C13H10FNO4. The van der Waals surface area contributed by atoms with E-state index in [-0.39, 0.29) is 12.0 Å². The van der Waals surface area contributed by atoms with Crippen LogP contribution in [0.1, 0.15) is 12.0 Å². The number of imide groups is 1. The molecule has 0 aliphatic carbocycles. The first-order chi connectivity index (χ1) is 8.97. The Morgan fingerprint density at radius 2 is 1.95 bits per heavy atom. The van der Waals surface area contributed by atoms with Crippen LogP contribution in [0, 0.1) is 5.82 Å². The SMILES string of the molecule is O=C(O)CN1C(=O)C/C(=C\c2ccc(F)cc2)C1=O. The van der Waals surface area contributed by atoms with Gasteiger partial charge in [0.15, 0.2) is 0 Å². The van der Waals surface area contributed by atoms with Gasteiger partial charge in [0.25, 0.3) is 5.91 Å². The van der Waals surface area contributed by atoms with Crippen LogP contribution in [0.5, 0.6) is 0 Å². The fourth-order valence-corrected chi connectivity index (χ4v) is 1.79. The monoisotopic (exact) mass is 263 g/mol. The highest BCUT2D eigenvalue weighted by molar-refractivity contribution is 6.16. The van der Waals surface area contributed by atoms with Crippen molar-refractivity contribution in [3.8, 4) is 0 Å². The summed E-state index contributed by atoms with van der Waals surface area (Å²) < 4.78 is 12.7. The van der Waals surface area contributed by atoms with E-state index in [1.165, 1.54) is 30.3 Å². The van der Waals surface area contributed by atoms with Crippen molar-refractivity contribution in [2.75, 3.05) is 6.54 Å². The third kappa shape index (κ3) is 2.85. The van der Waals surface area contributed by atoms with Crippen molar-refractivity contribution in [2.24, 2.45) is 0 Å². The summed E-state index contributed by atoms with van der Waals surface area (Å²) in [6.45, 7) is -0.640. The van der Waals surface area contributed by atoms with Crippen LogP contribution in [-0.4, -0.2) is 34.3 Å². The van der Waals surface area contributed by atoms with Crippen LogP contribution in [0.4, 0.5) is 4.39 Å². The number of rotatable bonds is 3. The molecule has 1 heterocycles. The molecule has 1 aromatic carbocycles. The lowest BCUT2D eigenvalue weighted by Crippen LogP contribution is -2.34. The zero-order chi connectivity index (χ0) is 14.0. The Hall–Kier alpha value is -2.50. The standard InChI is InChI=1S/C13H10FNO4/c14-10-3-1-8(2-4-10)5-9-6-11(16)15(13(9)19)7-12(17)18/h1-5H,6-7H2,(H,17,18)/b9-5+. The van der Waals surface area contributed by atoms with E-state index in [1.807, 2.05) is 0 Å². The molecule has 0 saturated carbocycles. The fraction of sp³-hybridized carbons (Fsp3) is 0.154. The number of hydrogen-bond acceptors (Lipinski definition) is 3. The number of hydrogen-bond donors (Lipinski definition) is 1. The van der Waals surface area contributed by atoms with Crippen molar-refractivity contribution in [2.45, 2.75) is 6.42 Å². The molecule has 1 fully saturated rings. The van der Waals surface area contributed by atoms with Gasteiger partial charge >= 0.3 is 5.97 Å². The molecule has 1 N–H and O–H groups in total. The highest BCUT2D eigenvalue weighted by Crippen LogP contribution is 2.21. The molecule has 0 atom stereocenters. The van der Waals surface area contributed by atoms with Gasteiger partial charge in [0.05, 0.1) is 6.42 Å². The second-order valence-electron chi connectivity index (χ2n) is 4.08. The molecule has 0 radical (unpaired) electrons. The number of carboxylic acid groups (broad SMARTS) is 1. The highest BCUT2D eigenvalue weighted by atomic mass is 19.1. The molecule has 98 valence electrons. The maximum Gasteiger partial charge on any atom is 0.323 e. The van der Waals surface area contributed by atoms with Gasteiger partial charge in [-0.25, -0.2) is 4.39 Å². The van der Waals surface area contributed by atoms with Gasteiger partial charge in [0, 0.05) is 5.57 Å². The molecule has 0 aromatic heterocycles. The molecule has 1 aliphatic rings. The van der Waals surface area contributed by atoms with Crippen LogP contribution < -0.4 is 0 Å². The molecule has 2 rings (SSSR count). The summed E-state index contributed by atoms with van der Waals surface area (Å²) in [4.78, 5) is 34.6. The van der Waals surface area contributed by atoms with Crippen LogP contribution in [0.15, 0.2) is 29.8 Å². The van der Waals surface area contributed by atoms with E-state index >= 15 is 0 Å². The Bertz CT molecular complexity index is 577. The second-order valence-corrected chi connectivity index (χ2v) is 4.08. The predicted molar refractivity (Wildman–Crippen MR) is 63.3 cm³/mol. The van der Waals surface area contributed by atoms with Gasteiger partial charge < -0.3 is 5.11 Å². The van der Waals surface area contributed by atoms with Crippen molar-refractivity contribution in [3.63, 3.8) is 0 Å². The number of aliphatic carboxylic acids is 1. The van der Waals surface area contributed by atoms with E-state index < -0.39 is 30.1 Å². The van der Waals surface area contributed by atoms with Crippen LogP contribution in [0.25, 0.3) is 6.08 Å². The van der Waals surface area contributed by atoms with Gasteiger partial charge in [-0.1, -0.05) is 12.1 Å². The maximum atomic E-state index is 12.7. The molecule has 5 nitrogen and oxygen atoms in total. The Kier molecular flexibility index (Phi) is 3.41. The lowest BCUT2D eigenvalue weighted by atomic mass is 10.1. The molecule has 1 aromatic rings. The first-order valence-electron chi connectivity index (χ1n) is 5.50. The van der Waals surface area contributed by atoms with E-state index in [4.69, 9.17) is 5.11 Å². The average Bonchev–Trinajstić information content (AvgIpc) is 2.60. The Morgan fingerprint density at radius 1 is 1.32 bits per heavy atom. The number of benzene rings is 1. The van der Waals surface area contributed by atoms with Crippen LogP contribution >= 0.6 is 0 Å². The number of nitrogens with zero attached hydrogens (tertiary/aromatic N) is 1. The number of likely N-dealkylation sites (tertiary alicyclic amines) is 1. The fourth-order valence-electron chi connectivity index (χ4n) is 1.79. The van der Waals surface area contributed by atoms with Gasteiger partial charge in [-0.05, 0) is 23.8 Å². The molecular weight excluding hydrogens is 253 g/mol. The summed E-state index contributed by atoms with van der Waals surface area (Å²) >= 11 is 0. The smallest absolute Gasteiger partial charge is 0.323 e. The first kappa shape index (κ1) is 12.9. The summed E-state index contributed by atoms with van der Waals surface area (Å²) in [7, 11) is 0. The molecule has 0 bridgehead atoms. The molecule has 0 spiro atoms. The van der Waals surface area contributed by atoms with Crippen LogP contribution in [0.3, 0.4) is 0 Å². The van der Waals surface area contributed by atoms with E-state index in [0.29, 0.717) is 10.5 Å². The summed E-state index contributed by atoms with van der Waals surface area (Å²) in [6, 6.07) is 5.42. The first-order valence-corrected chi connectivity index (χ1v) is 5.50. The van der Waals surface area contributed by atoms with Crippen molar-refractivity contribution in [3.05, 3.63) is 41.2 Å². The number of carbonyl (C=O) groups is 3.